The monoisotopic (exact) mass is 362 g/mol. The van der Waals surface area contributed by atoms with Gasteiger partial charge in [0.25, 0.3) is 5.91 Å². The molecule has 0 radical (unpaired) electrons. The van der Waals surface area contributed by atoms with Crippen molar-refractivity contribution in [2.75, 3.05) is 12.4 Å². The number of aromatic nitrogens is 2. The second kappa shape index (κ2) is 8.31. The first-order chi connectivity index (χ1) is 13.1. The summed E-state index contributed by atoms with van der Waals surface area (Å²) in [6.07, 6.45) is 2.99. The van der Waals surface area contributed by atoms with Gasteiger partial charge in [-0.2, -0.15) is 0 Å². The summed E-state index contributed by atoms with van der Waals surface area (Å²) in [7, 11) is 1.61. The van der Waals surface area contributed by atoms with Gasteiger partial charge in [-0.25, -0.2) is 9.97 Å². The lowest BCUT2D eigenvalue weighted by Gasteiger charge is -2.11. The van der Waals surface area contributed by atoms with E-state index in [-0.39, 0.29) is 11.6 Å². The molecule has 0 saturated heterocycles. The van der Waals surface area contributed by atoms with Gasteiger partial charge in [0.2, 0.25) is 0 Å². The second-order valence-corrected chi connectivity index (χ2v) is 6.22. The molecule has 6 heteroatoms. The number of hydrogen-bond acceptors (Lipinski definition) is 5. The molecule has 2 N–H and O–H groups in total. The van der Waals surface area contributed by atoms with E-state index >= 15 is 0 Å². The first kappa shape index (κ1) is 18.4. The van der Waals surface area contributed by atoms with E-state index < -0.39 is 0 Å². The van der Waals surface area contributed by atoms with Crippen molar-refractivity contribution in [3.63, 3.8) is 0 Å². The highest BCUT2D eigenvalue weighted by molar-refractivity contribution is 5.92. The minimum absolute atomic E-state index is 0.259. The summed E-state index contributed by atoms with van der Waals surface area (Å²) < 4.78 is 5.34. The van der Waals surface area contributed by atoms with Crippen LogP contribution in [0.5, 0.6) is 5.75 Å². The van der Waals surface area contributed by atoms with Crippen LogP contribution < -0.4 is 15.4 Å². The Balaban J connectivity index is 1.65. The van der Waals surface area contributed by atoms with Gasteiger partial charge in [-0.1, -0.05) is 30.3 Å². The maximum atomic E-state index is 12.3. The van der Waals surface area contributed by atoms with Gasteiger partial charge in [-0.3, -0.25) is 4.79 Å². The minimum Gasteiger partial charge on any atom is -0.495 e. The van der Waals surface area contributed by atoms with Gasteiger partial charge in [0.05, 0.1) is 25.2 Å². The molecule has 0 bridgehead atoms. The van der Waals surface area contributed by atoms with Gasteiger partial charge in [-0.15, -0.1) is 0 Å². The largest absolute Gasteiger partial charge is 0.495 e. The lowest BCUT2D eigenvalue weighted by molar-refractivity contribution is 0.0945. The number of rotatable bonds is 6. The molecule has 6 nitrogen and oxygen atoms in total. The van der Waals surface area contributed by atoms with Crippen molar-refractivity contribution in [2.45, 2.75) is 20.4 Å². The standard InChI is InChI=1S/C21H22N4O2/c1-14-8-9-19(27-3)17(10-14)25-20-13-22-18(12-23-20)21(26)24-11-16-7-5-4-6-15(16)2/h4-10,12-13H,11H2,1-3H3,(H,23,25)(H,24,26). The van der Waals surface area contributed by atoms with E-state index in [0.29, 0.717) is 18.1 Å². The third-order valence-electron chi connectivity index (χ3n) is 4.20. The molecule has 0 unspecified atom stereocenters. The lowest BCUT2D eigenvalue weighted by atomic mass is 10.1. The van der Waals surface area contributed by atoms with E-state index in [1.54, 1.807) is 7.11 Å². The molecule has 138 valence electrons. The van der Waals surface area contributed by atoms with Crippen LogP contribution in [0.1, 0.15) is 27.2 Å². The average molecular weight is 362 g/mol. The van der Waals surface area contributed by atoms with Crippen LogP contribution in [0.2, 0.25) is 0 Å². The topological polar surface area (TPSA) is 76.1 Å². The molecular weight excluding hydrogens is 340 g/mol. The van der Waals surface area contributed by atoms with Crippen molar-refractivity contribution >= 4 is 17.4 Å². The van der Waals surface area contributed by atoms with Crippen molar-refractivity contribution in [1.29, 1.82) is 0 Å². The van der Waals surface area contributed by atoms with Crippen LogP contribution in [-0.2, 0) is 6.54 Å². The van der Waals surface area contributed by atoms with Crippen LogP contribution >= 0.6 is 0 Å². The van der Waals surface area contributed by atoms with E-state index in [0.717, 1.165) is 22.4 Å². The molecule has 0 aliphatic rings. The summed E-state index contributed by atoms with van der Waals surface area (Å²) in [5, 5.41) is 6.03. The average Bonchev–Trinajstić information content (AvgIpc) is 2.68. The quantitative estimate of drug-likeness (QED) is 0.698. The number of carbonyl (C=O) groups excluding carboxylic acids is 1. The van der Waals surface area contributed by atoms with E-state index in [9.17, 15) is 4.79 Å². The second-order valence-electron chi connectivity index (χ2n) is 6.22. The number of nitrogens with zero attached hydrogens (tertiary/aromatic N) is 2. The Labute approximate surface area is 158 Å². The van der Waals surface area contributed by atoms with Crippen molar-refractivity contribution in [2.24, 2.45) is 0 Å². The van der Waals surface area contributed by atoms with Gasteiger partial charge in [0, 0.05) is 6.54 Å². The van der Waals surface area contributed by atoms with Crippen molar-refractivity contribution < 1.29 is 9.53 Å². The molecule has 0 aliphatic heterocycles. The van der Waals surface area contributed by atoms with Crippen LogP contribution in [0.3, 0.4) is 0 Å². The molecule has 0 aliphatic carbocycles. The minimum atomic E-state index is -0.259. The zero-order chi connectivity index (χ0) is 19.2. The maximum Gasteiger partial charge on any atom is 0.271 e. The fourth-order valence-electron chi connectivity index (χ4n) is 2.64. The number of nitrogens with one attached hydrogen (secondary N) is 2. The highest BCUT2D eigenvalue weighted by Crippen LogP contribution is 2.27. The van der Waals surface area contributed by atoms with Crippen LogP contribution in [-0.4, -0.2) is 23.0 Å². The van der Waals surface area contributed by atoms with Crippen LogP contribution in [0.4, 0.5) is 11.5 Å². The number of hydrogen-bond donors (Lipinski definition) is 2. The Hall–Kier alpha value is -3.41. The van der Waals surface area contributed by atoms with Gasteiger partial charge in [-0.05, 0) is 42.7 Å². The molecular formula is C21H22N4O2. The van der Waals surface area contributed by atoms with Crippen LogP contribution in [0.15, 0.2) is 54.9 Å². The highest BCUT2D eigenvalue weighted by Gasteiger charge is 2.10. The van der Waals surface area contributed by atoms with Crippen molar-refractivity contribution in [1.82, 2.24) is 15.3 Å². The molecule has 0 fully saturated rings. The maximum absolute atomic E-state index is 12.3. The number of aryl methyl sites for hydroxylation is 2. The fraction of sp³-hybridized carbons (Fsp3) is 0.190. The third-order valence-corrected chi connectivity index (χ3v) is 4.20. The number of benzene rings is 2. The normalized spacial score (nSPS) is 10.3. The number of carbonyl (C=O) groups is 1. The summed E-state index contributed by atoms with van der Waals surface area (Å²) in [6.45, 7) is 4.47. The Morgan fingerprint density at radius 1 is 1.07 bits per heavy atom. The summed E-state index contributed by atoms with van der Waals surface area (Å²) in [4.78, 5) is 20.8. The number of amides is 1. The Morgan fingerprint density at radius 2 is 1.89 bits per heavy atom. The highest BCUT2D eigenvalue weighted by atomic mass is 16.5. The zero-order valence-electron chi connectivity index (χ0n) is 15.6. The van der Waals surface area contributed by atoms with Crippen LogP contribution in [0, 0.1) is 13.8 Å². The Kier molecular flexibility index (Phi) is 5.66. The predicted octanol–water partition coefficient (Wildman–Crippen LogP) is 3.78. The first-order valence-electron chi connectivity index (χ1n) is 8.63. The van der Waals surface area contributed by atoms with Gasteiger partial charge >= 0.3 is 0 Å². The molecule has 0 spiro atoms. The number of anilines is 2. The molecule has 1 aromatic heterocycles. The summed E-state index contributed by atoms with van der Waals surface area (Å²) in [6, 6.07) is 13.7. The molecule has 1 amide bonds. The molecule has 3 aromatic rings. The smallest absolute Gasteiger partial charge is 0.271 e. The first-order valence-corrected chi connectivity index (χ1v) is 8.63. The fourth-order valence-corrected chi connectivity index (χ4v) is 2.64. The van der Waals surface area contributed by atoms with E-state index in [1.165, 1.54) is 12.4 Å². The third kappa shape index (κ3) is 4.61. The SMILES string of the molecule is COc1ccc(C)cc1Nc1cnc(C(=O)NCc2ccccc2C)cn1. The Bertz CT molecular complexity index is 939. The molecule has 1 heterocycles. The van der Waals surface area contributed by atoms with E-state index in [1.807, 2.05) is 56.3 Å². The molecule has 3 rings (SSSR count). The molecule has 0 atom stereocenters. The predicted molar refractivity (Wildman–Crippen MR) is 105 cm³/mol. The van der Waals surface area contributed by atoms with E-state index in [4.69, 9.17) is 4.74 Å². The van der Waals surface area contributed by atoms with Gasteiger partial charge in [0.15, 0.2) is 0 Å². The summed E-state index contributed by atoms with van der Waals surface area (Å²) >= 11 is 0. The molecule has 2 aromatic carbocycles. The lowest BCUT2D eigenvalue weighted by Crippen LogP contribution is -2.24. The summed E-state index contributed by atoms with van der Waals surface area (Å²) in [5.74, 6) is 0.988. The van der Waals surface area contributed by atoms with Crippen molar-refractivity contribution in [3.8, 4) is 5.75 Å². The molecule has 27 heavy (non-hydrogen) atoms. The van der Waals surface area contributed by atoms with Crippen LogP contribution in [0.25, 0.3) is 0 Å². The Morgan fingerprint density at radius 3 is 2.59 bits per heavy atom. The van der Waals surface area contributed by atoms with Gasteiger partial charge < -0.3 is 15.4 Å². The molecule has 0 saturated carbocycles. The van der Waals surface area contributed by atoms with E-state index in [2.05, 4.69) is 20.6 Å². The van der Waals surface area contributed by atoms with Crippen molar-refractivity contribution in [3.05, 3.63) is 77.2 Å². The zero-order valence-corrected chi connectivity index (χ0v) is 15.6. The number of ether oxygens (including phenoxy) is 1. The summed E-state index contributed by atoms with van der Waals surface area (Å²) in [5.41, 5.74) is 4.37. The number of methoxy groups -OCH3 is 1. The van der Waals surface area contributed by atoms with Gasteiger partial charge in [0.1, 0.15) is 17.3 Å².